The summed E-state index contributed by atoms with van der Waals surface area (Å²) < 4.78 is 39.3. The van der Waals surface area contributed by atoms with E-state index in [1.54, 1.807) is 0 Å². The molecule has 1 heterocycles. The molecule has 0 saturated carbocycles. The van der Waals surface area contributed by atoms with E-state index in [0.717, 1.165) is 6.07 Å². The molecule has 0 bridgehead atoms. The molecule has 15 heavy (non-hydrogen) atoms. The first-order valence-corrected chi connectivity index (χ1v) is 4.46. The van der Waals surface area contributed by atoms with Gasteiger partial charge in [0, 0.05) is 13.0 Å². The van der Waals surface area contributed by atoms with E-state index in [4.69, 9.17) is 0 Å². The van der Waals surface area contributed by atoms with E-state index in [-0.39, 0.29) is 25.4 Å². The van der Waals surface area contributed by atoms with Gasteiger partial charge in [-0.3, -0.25) is 0 Å². The third-order valence-corrected chi connectivity index (χ3v) is 2.41. The van der Waals surface area contributed by atoms with Crippen LogP contribution in [0.5, 0.6) is 0 Å². The van der Waals surface area contributed by atoms with Crippen molar-refractivity contribution in [3.63, 3.8) is 0 Å². The fourth-order valence-corrected chi connectivity index (χ4v) is 1.72. The maximum atomic E-state index is 13.2. The minimum absolute atomic E-state index is 0. The Kier molecular flexibility index (Phi) is 3.62. The fraction of sp³-hybridized carbons (Fsp3) is 0.400. The van der Waals surface area contributed by atoms with Gasteiger partial charge in [-0.1, -0.05) is 12.1 Å². The summed E-state index contributed by atoms with van der Waals surface area (Å²) in [4.78, 5) is 0. The summed E-state index contributed by atoms with van der Waals surface area (Å²) >= 11 is 0. The summed E-state index contributed by atoms with van der Waals surface area (Å²) in [5.41, 5.74) is 0.313. The van der Waals surface area contributed by atoms with Crippen LogP contribution in [-0.4, -0.2) is 12.5 Å². The molecule has 1 N–H and O–H groups in total. The highest BCUT2D eigenvalue weighted by molar-refractivity contribution is 5.85. The maximum absolute atomic E-state index is 13.2. The monoisotopic (exact) mass is 237 g/mol. The van der Waals surface area contributed by atoms with Crippen molar-refractivity contribution in [2.75, 3.05) is 6.54 Å². The van der Waals surface area contributed by atoms with Crippen molar-refractivity contribution < 1.29 is 13.2 Å². The lowest BCUT2D eigenvalue weighted by Crippen LogP contribution is -2.26. The van der Waals surface area contributed by atoms with Crippen LogP contribution in [-0.2, 0) is 0 Å². The van der Waals surface area contributed by atoms with E-state index in [1.165, 1.54) is 18.2 Å². The molecule has 1 atom stereocenters. The third kappa shape index (κ3) is 2.44. The van der Waals surface area contributed by atoms with Gasteiger partial charge in [-0.25, -0.2) is 13.2 Å². The second-order valence-corrected chi connectivity index (χ2v) is 3.45. The van der Waals surface area contributed by atoms with Gasteiger partial charge in [-0.15, -0.1) is 12.4 Å². The first-order chi connectivity index (χ1) is 6.59. The molecule has 0 amide bonds. The lowest BCUT2D eigenvalue weighted by Gasteiger charge is -2.18. The first-order valence-electron chi connectivity index (χ1n) is 4.46. The highest BCUT2D eigenvalue weighted by Gasteiger charge is 2.44. The van der Waals surface area contributed by atoms with Crippen molar-refractivity contribution in [2.45, 2.75) is 18.4 Å². The molecule has 1 nitrogen and oxygen atoms in total. The molecule has 0 aromatic heterocycles. The summed E-state index contributed by atoms with van der Waals surface area (Å²) in [5.74, 6) is -3.25. The Morgan fingerprint density at radius 1 is 1.33 bits per heavy atom. The Balaban J connectivity index is 0.00000112. The molecular weight excluding hydrogens is 227 g/mol. The molecule has 1 fully saturated rings. The minimum atomic E-state index is -2.77. The van der Waals surface area contributed by atoms with Gasteiger partial charge in [0.05, 0.1) is 6.04 Å². The standard InChI is InChI=1S/C10H10F3N.ClH/c11-8-3-1-2-7(6-8)9-10(12,13)4-5-14-9;/h1-3,6,9,14H,4-5H2;1H. The molecule has 1 aromatic carbocycles. The molecule has 0 radical (unpaired) electrons. The minimum Gasteiger partial charge on any atom is -0.305 e. The number of benzene rings is 1. The lowest BCUT2D eigenvalue weighted by atomic mass is 10.0. The second kappa shape index (κ2) is 4.41. The molecule has 1 aliphatic rings. The van der Waals surface area contributed by atoms with Gasteiger partial charge >= 0.3 is 0 Å². The van der Waals surface area contributed by atoms with Crippen molar-refractivity contribution in [2.24, 2.45) is 0 Å². The van der Waals surface area contributed by atoms with Crippen molar-refractivity contribution in [3.05, 3.63) is 35.6 Å². The zero-order valence-corrected chi connectivity index (χ0v) is 8.66. The number of hydrogen-bond donors (Lipinski definition) is 1. The third-order valence-electron chi connectivity index (χ3n) is 2.41. The number of halogens is 4. The van der Waals surface area contributed by atoms with E-state index in [1.807, 2.05) is 0 Å². The van der Waals surface area contributed by atoms with E-state index < -0.39 is 17.8 Å². The quantitative estimate of drug-likeness (QED) is 0.792. The van der Waals surface area contributed by atoms with Crippen LogP contribution >= 0.6 is 12.4 Å². The molecule has 2 rings (SSSR count). The number of alkyl halides is 2. The maximum Gasteiger partial charge on any atom is 0.268 e. The van der Waals surface area contributed by atoms with Gasteiger partial charge in [0.2, 0.25) is 0 Å². The van der Waals surface area contributed by atoms with Gasteiger partial charge in [0.15, 0.2) is 0 Å². The topological polar surface area (TPSA) is 12.0 Å². The van der Waals surface area contributed by atoms with Crippen LogP contribution in [0.15, 0.2) is 24.3 Å². The predicted octanol–water partition coefficient (Wildman–Crippen LogP) is 2.92. The molecule has 0 spiro atoms. The van der Waals surface area contributed by atoms with Crippen molar-refractivity contribution in [3.8, 4) is 0 Å². The highest BCUT2D eigenvalue weighted by Crippen LogP contribution is 2.38. The second-order valence-electron chi connectivity index (χ2n) is 3.45. The van der Waals surface area contributed by atoms with Crippen LogP contribution in [0.4, 0.5) is 13.2 Å². The van der Waals surface area contributed by atoms with Crippen LogP contribution in [0.2, 0.25) is 0 Å². The smallest absolute Gasteiger partial charge is 0.268 e. The highest BCUT2D eigenvalue weighted by atomic mass is 35.5. The van der Waals surface area contributed by atoms with Gasteiger partial charge < -0.3 is 5.32 Å². The molecule has 0 aliphatic carbocycles. The van der Waals surface area contributed by atoms with Crippen molar-refractivity contribution in [1.82, 2.24) is 5.32 Å². The molecular formula is C10H11ClF3N. The Morgan fingerprint density at radius 3 is 2.60 bits per heavy atom. The van der Waals surface area contributed by atoms with Crippen LogP contribution in [0, 0.1) is 5.82 Å². The zero-order valence-electron chi connectivity index (χ0n) is 7.84. The summed E-state index contributed by atoms with van der Waals surface area (Å²) in [7, 11) is 0. The van der Waals surface area contributed by atoms with E-state index >= 15 is 0 Å². The Hall–Kier alpha value is -0.740. The normalized spacial score (nSPS) is 23.5. The number of nitrogens with one attached hydrogen (secondary N) is 1. The SMILES string of the molecule is Cl.Fc1cccc(C2NCCC2(F)F)c1. The summed E-state index contributed by atoms with van der Waals surface area (Å²) in [5, 5.41) is 2.67. The molecule has 1 aliphatic heterocycles. The van der Waals surface area contributed by atoms with Crippen molar-refractivity contribution in [1.29, 1.82) is 0 Å². The predicted molar refractivity (Wildman–Crippen MR) is 54.0 cm³/mol. The Labute approximate surface area is 92.1 Å². The van der Waals surface area contributed by atoms with Crippen LogP contribution in [0.25, 0.3) is 0 Å². The molecule has 5 heteroatoms. The zero-order chi connectivity index (χ0) is 10.2. The largest absolute Gasteiger partial charge is 0.305 e. The van der Waals surface area contributed by atoms with Gasteiger partial charge in [0.25, 0.3) is 5.92 Å². The summed E-state index contributed by atoms with van der Waals surface area (Å²) in [6, 6.07) is 4.31. The Bertz CT molecular complexity index is 343. The van der Waals surface area contributed by atoms with Crippen LogP contribution < -0.4 is 5.32 Å². The fourth-order valence-electron chi connectivity index (χ4n) is 1.72. The molecule has 1 saturated heterocycles. The average Bonchev–Trinajstić information content (AvgIpc) is 2.45. The van der Waals surface area contributed by atoms with Crippen LogP contribution in [0.1, 0.15) is 18.0 Å². The summed E-state index contributed by atoms with van der Waals surface area (Å²) in [6.07, 6.45) is -0.186. The van der Waals surface area contributed by atoms with E-state index in [0.29, 0.717) is 5.56 Å². The number of hydrogen-bond acceptors (Lipinski definition) is 1. The molecule has 84 valence electrons. The van der Waals surface area contributed by atoms with E-state index in [2.05, 4.69) is 5.32 Å². The van der Waals surface area contributed by atoms with Gasteiger partial charge in [-0.2, -0.15) is 0 Å². The van der Waals surface area contributed by atoms with Crippen molar-refractivity contribution >= 4 is 12.4 Å². The number of rotatable bonds is 1. The lowest BCUT2D eigenvalue weighted by molar-refractivity contribution is -0.0117. The Morgan fingerprint density at radius 2 is 2.07 bits per heavy atom. The average molecular weight is 238 g/mol. The van der Waals surface area contributed by atoms with Gasteiger partial charge in [-0.05, 0) is 17.7 Å². The first kappa shape index (κ1) is 12.3. The van der Waals surface area contributed by atoms with Gasteiger partial charge in [0.1, 0.15) is 5.82 Å². The molecule has 1 aromatic rings. The van der Waals surface area contributed by atoms with Crippen LogP contribution in [0.3, 0.4) is 0 Å². The van der Waals surface area contributed by atoms with E-state index in [9.17, 15) is 13.2 Å². The summed E-state index contributed by atoms with van der Waals surface area (Å²) in [6.45, 7) is 0.272. The molecule has 1 unspecified atom stereocenters.